The van der Waals surface area contributed by atoms with Gasteiger partial charge in [0.2, 0.25) is 0 Å². The summed E-state index contributed by atoms with van der Waals surface area (Å²) in [5.74, 6) is 0.312. The van der Waals surface area contributed by atoms with E-state index >= 15 is 0 Å². The number of benzene rings is 1. The number of aromatic nitrogens is 2. The molecule has 0 saturated carbocycles. The lowest BCUT2D eigenvalue weighted by molar-refractivity contribution is 0.173. The number of aliphatic hydroxyl groups is 1. The van der Waals surface area contributed by atoms with E-state index in [0.717, 1.165) is 12.0 Å². The Kier molecular flexibility index (Phi) is 3.28. The summed E-state index contributed by atoms with van der Waals surface area (Å²) in [7, 11) is 0. The Labute approximate surface area is 118 Å². The fourth-order valence-electron chi connectivity index (χ4n) is 3.32. The van der Waals surface area contributed by atoms with Crippen LogP contribution in [0.2, 0.25) is 0 Å². The minimum atomic E-state index is -0.502. The van der Waals surface area contributed by atoms with Gasteiger partial charge in [0.15, 0.2) is 0 Å². The fourth-order valence-corrected chi connectivity index (χ4v) is 3.32. The van der Waals surface area contributed by atoms with Crippen molar-refractivity contribution in [3.05, 3.63) is 48.0 Å². The molecule has 4 nitrogen and oxygen atoms in total. The zero-order chi connectivity index (χ0) is 14.2. The van der Waals surface area contributed by atoms with Gasteiger partial charge in [-0.3, -0.25) is 0 Å². The molecule has 2 atom stereocenters. The molecule has 3 N–H and O–H groups in total. The van der Waals surface area contributed by atoms with Crippen molar-refractivity contribution >= 4 is 0 Å². The van der Waals surface area contributed by atoms with Crippen LogP contribution in [0.25, 0.3) is 11.1 Å². The van der Waals surface area contributed by atoms with E-state index in [1.807, 2.05) is 18.5 Å². The SMILES string of the molecule is CC1CC(N)(CO)Cc2cccc(-c3cncnc3)c21. The Balaban J connectivity index is 2.12. The Bertz CT molecular complexity index is 614. The lowest BCUT2D eigenvalue weighted by Crippen LogP contribution is -2.49. The summed E-state index contributed by atoms with van der Waals surface area (Å²) in [6.45, 7) is 2.19. The van der Waals surface area contributed by atoms with Gasteiger partial charge in [0, 0.05) is 23.5 Å². The van der Waals surface area contributed by atoms with E-state index in [9.17, 15) is 5.11 Å². The van der Waals surface area contributed by atoms with Crippen LogP contribution in [-0.4, -0.2) is 27.2 Å². The average molecular weight is 269 g/mol. The van der Waals surface area contributed by atoms with E-state index in [0.29, 0.717) is 12.3 Å². The Morgan fingerprint density at radius 1 is 1.35 bits per heavy atom. The molecule has 1 heterocycles. The van der Waals surface area contributed by atoms with Gasteiger partial charge in [-0.15, -0.1) is 0 Å². The molecular formula is C16H19N3O. The normalized spacial score (nSPS) is 25.2. The van der Waals surface area contributed by atoms with E-state index in [1.54, 1.807) is 6.33 Å². The van der Waals surface area contributed by atoms with Crippen LogP contribution in [0.3, 0.4) is 0 Å². The van der Waals surface area contributed by atoms with Gasteiger partial charge in [-0.2, -0.15) is 0 Å². The molecule has 104 valence electrons. The zero-order valence-corrected chi connectivity index (χ0v) is 11.6. The molecule has 2 aromatic rings. The van der Waals surface area contributed by atoms with Crippen LogP contribution in [0.1, 0.15) is 30.4 Å². The van der Waals surface area contributed by atoms with Crippen molar-refractivity contribution in [3.63, 3.8) is 0 Å². The fraction of sp³-hybridized carbons (Fsp3) is 0.375. The smallest absolute Gasteiger partial charge is 0.115 e. The van der Waals surface area contributed by atoms with Gasteiger partial charge in [0.1, 0.15) is 6.33 Å². The van der Waals surface area contributed by atoms with E-state index in [-0.39, 0.29) is 6.61 Å². The minimum absolute atomic E-state index is 0.0233. The van der Waals surface area contributed by atoms with Gasteiger partial charge in [0.25, 0.3) is 0 Å². The lowest BCUT2D eigenvalue weighted by Gasteiger charge is -2.38. The van der Waals surface area contributed by atoms with Gasteiger partial charge in [0.05, 0.1) is 6.61 Å². The monoisotopic (exact) mass is 269 g/mol. The van der Waals surface area contributed by atoms with Crippen molar-refractivity contribution in [2.45, 2.75) is 31.2 Å². The number of hydrogen-bond donors (Lipinski definition) is 2. The summed E-state index contributed by atoms with van der Waals surface area (Å²) in [4.78, 5) is 8.21. The van der Waals surface area contributed by atoms with Gasteiger partial charge in [-0.1, -0.05) is 25.1 Å². The standard InChI is InChI=1S/C16H19N3O/c1-11-5-16(17,9-20)6-12-3-2-4-14(15(11)12)13-7-18-10-19-8-13/h2-4,7-8,10-11,20H,5-6,9,17H2,1H3. The minimum Gasteiger partial charge on any atom is -0.394 e. The van der Waals surface area contributed by atoms with Gasteiger partial charge in [-0.05, 0) is 35.4 Å². The second kappa shape index (κ2) is 4.96. The summed E-state index contributed by atoms with van der Waals surface area (Å²) in [6, 6.07) is 6.25. The summed E-state index contributed by atoms with van der Waals surface area (Å²) >= 11 is 0. The van der Waals surface area contributed by atoms with Gasteiger partial charge < -0.3 is 10.8 Å². The predicted octanol–water partition coefficient (Wildman–Crippen LogP) is 1.88. The molecule has 0 aliphatic heterocycles. The molecule has 0 spiro atoms. The highest BCUT2D eigenvalue weighted by atomic mass is 16.3. The van der Waals surface area contributed by atoms with Crippen LogP contribution in [0.4, 0.5) is 0 Å². The highest BCUT2D eigenvalue weighted by Gasteiger charge is 2.35. The van der Waals surface area contributed by atoms with Gasteiger partial charge in [-0.25, -0.2) is 9.97 Å². The van der Waals surface area contributed by atoms with Gasteiger partial charge >= 0.3 is 0 Å². The van der Waals surface area contributed by atoms with Crippen molar-refractivity contribution in [3.8, 4) is 11.1 Å². The van der Waals surface area contributed by atoms with Crippen molar-refractivity contribution < 1.29 is 5.11 Å². The average Bonchev–Trinajstić information content (AvgIpc) is 2.47. The number of hydrogen-bond acceptors (Lipinski definition) is 4. The van der Waals surface area contributed by atoms with Crippen LogP contribution in [-0.2, 0) is 6.42 Å². The number of nitrogens with two attached hydrogens (primary N) is 1. The first-order valence-corrected chi connectivity index (χ1v) is 6.90. The van der Waals surface area contributed by atoms with Crippen LogP contribution < -0.4 is 5.73 Å². The molecule has 0 amide bonds. The van der Waals surface area contributed by atoms with Crippen LogP contribution in [0.15, 0.2) is 36.9 Å². The molecule has 0 fully saturated rings. The highest BCUT2D eigenvalue weighted by molar-refractivity contribution is 5.69. The molecular weight excluding hydrogens is 250 g/mol. The maximum atomic E-state index is 9.53. The Morgan fingerprint density at radius 3 is 2.80 bits per heavy atom. The number of fused-ring (bicyclic) bond motifs is 1. The maximum Gasteiger partial charge on any atom is 0.115 e. The van der Waals surface area contributed by atoms with Crippen molar-refractivity contribution in [2.24, 2.45) is 5.73 Å². The molecule has 1 aliphatic carbocycles. The highest BCUT2D eigenvalue weighted by Crippen LogP contribution is 2.40. The molecule has 0 bridgehead atoms. The zero-order valence-electron chi connectivity index (χ0n) is 11.6. The molecule has 0 saturated heterocycles. The molecule has 1 aliphatic rings. The summed E-state index contributed by atoms with van der Waals surface area (Å²) in [5.41, 5.74) is 10.5. The largest absolute Gasteiger partial charge is 0.394 e. The van der Waals surface area contributed by atoms with Crippen LogP contribution >= 0.6 is 0 Å². The Morgan fingerprint density at radius 2 is 2.10 bits per heavy atom. The third-order valence-electron chi connectivity index (χ3n) is 4.13. The summed E-state index contributed by atoms with van der Waals surface area (Å²) in [6.07, 6.45) is 6.72. The first-order chi connectivity index (χ1) is 9.63. The topological polar surface area (TPSA) is 72.0 Å². The molecule has 4 heteroatoms. The first-order valence-electron chi connectivity index (χ1n) is 6.90. The van der Waals surface area contributed by atoms with Crippen molar-refractivity contribution in [1.82, 2.24) is 9.97 Å². The summed E-state index contributed by atoms with van der Waals surface area (Å²) in [5, 5.41) is 9.53. The summed E-state index contributed by atoms with van der Waals surface area (Å²) < 4.78 is 0. The molecule has 1 aromatic heterocycles. The van der Waals surface area contributed by atoms with E-state index < -0.39 is 5.54 Å². The molecule has 20 heavy (non-hydrogen) atoms. The molecule has 0 radical (unpaired) electrons. The second-order valence-electron chi connectivity index (χ2n) is 5.81. The van der Waals surface area contributed by atoms with E-state index in [1.165, 1.54) is 16.7 Å². The van der Waals surface area contributed by atoms with Crippen molar-refractivity contribution in [2.75, 3.05) is 6.61 Å². The first kappa shape index (κ1) is 13.2. The second-order valence-corrected chi connectivity index (χ2v) is 5.81. The van der Waals surface area contributed by atoms with E-state index in [4.69, 9.17) is 5.73 Å². The van der Waals surface area contributed by atoms with Crippen molar-refractivity contribution in [1.29, 1.82) is 0 Å². The molecule has 3 rings (SSSR count). The lowest BCUT2D eigenvalue weighted by atomic mass is 9.71. The maximum absolute atomic E-state index is 9.53. The number of aliphatic hydroxyl groups excluding tert-OH is 1. The Hall–Kier alpha value is -1.78. The third kappa shape index (κ3) is 2.21. The van der Waals surface area contributed by atoms with Crippen LogP contribution in [0, 0.1) is 0 Å². The predicted molar refractivity (Wildman–Crippen MR) is 78.2 cm³/mol. The van der Waals surface area contributed by atoms with E-state index in [2.05, 4.69) is 29.0 Å². The van der Waals surface area contributed by atoms with Crippen LogP contribution in [0.5, 0.6) is 0 Å². The number of rotatable bonds is 2. The molecule has 1 aromatic carbocycles. The molecule has 2 unspecified atom stereocenters. The third-order valence-corrected chi connectivity index (χ3v) is 4.13. The number of nitrogens with zero attached hydrogens (tertiary/aromatic N) is 2. The quantitative estimate of drug-likeness (QED) is 0.873.